The maximum atomic E-state index is 15.0. The van der Waals surface area contributed by atoms with Crippen molar-refractivity contribution in [2.75, 3.05) is 36.0 Å². The average molecular weight is 454 g/mol. The zero-order valence-electron chi connectivity index (χ0n) is 17.5. The number of rotatable bonds is 3. The van der Waals surface area contributed by atoms with Crippen molar-refractivity contribution in [1.29, 1.82) is 0 Å². The van der Waals surface area contributed by atoms with E-state index in [9.17, 15) is 28.0 Å². The van der Waals surface area contributed by atoms with E-state index in [0.717, 1.165) is 11.0 Å². The van der Waals surface area contributed by atoms with Crippen molar-refractivity contribution < 1.29 is 28.0 Å². The molecule has 3 aliphatic rings. The number of amides is 4. The minimum absolute atomic E-state index is 0.00963. The van der Waals surface area contributed by atoms with Crippen LogP contribution in [0.25, 0.3) is 0 Å². The number of benzene rings is 2. The molecule has 0 aromatic heterocycles. The molecule has 33 heavy (non-hydrogen) atoms. The molecule has 4 amide bonds. The second-order valence-corrected chi connectivity index (χ2v) is 8.22. The number of anilines is 2. The Bertz CT molecular complexity index is 1190. The monoisotopic (exact) mass is 454 g/mol. The highest BCUT2D eigenvalue weighted by Crippen LogP contribution is 2.33. The number of imide groups is 2. The van der Waals surface area contributed by atoms with Crippen LogP contribution in [-0.2, 0) is 9.59 Å². The first-order valence-corrected chi connectivity index (χ1v) is 10.6. The highest BCUT2D eigenvalue weighted by molar-refractivity contribution is 6.23. The fourth-order valence-electron chi connectivity index (χ4n) is 4.62. The molecule has 3 aliphatic heterocycles. The van der Waals surface area contributed by atoms with Gasteiger partial charge in [0.05, 0.1) is 22.5 Å². The van der Waals surface area contributed by atoms with Gasteiger partial charge < -0.3 is 9.80 Å². The fourth-order valence-corrected chi connectivity index (χ4v) is 4.62. The first kappa shape index (κ1) is 21.0. The van der Waals surface area contributed by atoms with E-state index < -0.39 is 35.5 Å². The molecule has 5 rings (SSSR count). The van der Waals surface area contributed by atoms with Crippen molar-refractivity contribution >= 4 is 35.0 Å². The zero-order valence-corrected chi connectivity index (χ0v) is 17.5. The number of carbonyl (C=O) groups is 4. The largest absolute Gasteiger partial charge is 0.366 e. The lowest BCUT2D eigenvalue weighted by atomic mass is 10.0. The van der Waals surface area contributed by atoms with E-state index in [-0.39, 0.29) is 35.5 Å². The van der Waals surface area contributed by atoms with E-state index >= 15 is 0 Å². The quantitative estimate of drug-likeness (QED) is 0.710. The Morgan fingerprint density at radius 2 is 1.39 bits per heavy atom. The topological polar surface area (TPSA) is 90.0 Å². The summed E-state index contributed by atoms with van der Waals surface area (Å²) in [5, 5.41) is 2.13. The minimum atomic E-state index is -1.11. The average Bonchev–Trinajstić information content (AvgIpc) is 3.03. The van der Waals surface area contributed by atoms with Gasteiger partial charge in [0.15, 0.2) is 0 Å². The Morgan fingerprint density at radius 3 is 2.03 bits per heavy atom. The molecule has 0 saturated carbocycles. The fraction of sp³-hybridized carbons (Fsp3) is 0.304. The number of halogens is 2. The second-order valence-electron chi connectivity index (χ2n) is 8.22. The van der Waals surface area contributed by atoms with Crippen LogP contribution in [0.15, 0.2) is 36.4 Å². The van der Waals surface area contributed by atoms with Gasteiger partial charge in [-0.3, -0.25) is 29.4 Å². The van der Waals surface area contributed by atoms with Gasteiger partial charge in [0.2, 0.25) is 11.8 Å². The molecule has 2 fully saturated rings. The number of para-hydroxylation sites is 1. The van der Waals surface area contributed by atoms with Crippen LogP contribution < -0.4 is 15.1 Å². The van der Waals surface area contributed by atoms with Crippen LogP contribution in [0.5, 0.6) is 0 Å². The van der Waals surface area contributed by atoms with Crippen molar-refractivity contribution in [2.24, 2.45) is 0 Å². The number of hydrogen-bond donors (Lipinski definition) is 1. The molecule has 0 bridgehead atoms. The maximum Gasteiger partial charge on any atom is 0.262 e. The number of nitrogens with one attached hydrogen (secondary N) is 1. The molecule has 0 spiro atoms. The molecular weight excluding hydrogens is 434 g/mol. The van der Waals surface area contributed by atoms with Crippen molar-refractivity contribution in [3.05, 3.63) is 59.2 Å². The predicted molar refractivity (Wildman–Crippen MR) is 114 cm³/mol. The van der Waals surface area contributed by atoms with E-state index in [4.69, 9.17) is 0 Å². The molecule has 3 heterocycles. The third-order valence-electron chi connectivity index (χ3n) is 6.32. The molecule has 170 valence electrons. The van der Waals surface area contributed by atoms with Crippen molar-refractivity contribution in [3.63, 3.8) is 0 Å². The summed E-state index contributed by atoms with van der Waals surface area (Å²) in [7, 11) is 0. The molecule has 1 unspecified atom stereocenters. The number of hydrogen-bond acceptors (Lipinski definition) is 6. The van der Waals surface area contributed by atoms with Gasteiger partial charge >= 0.3 is 0 Å². The summed E-state index contributed by atoms with van der Waals surface area (Å²) in [5.41, 5.74) is 0.578. The molecular formula is C23H20F2N4O4. The summed E-state index contributed by atoms with van der Waals surface area (Å²) >= 11 is 0. The molecule has 0 aliphatic carbocycles. The lowest BCUT2D eigenvalue weighted by Gasteiger charge is -2.37. The van der Waals surface area contributed by atoms with Gasteiger partial charge in [-0.05, 0) is 30.7 Å². The molecule has 8 nitrogen and oxygen atoms in total. The summed E-state index contributed by atoms with van der Waals surface area (Å²) in [4.78, 5) is 53.9. The van der Waals surface area contributed by atoms with E-state index in [1.165, 1.54) is 12.1 Å². The van der Waals surface area contributed by atoms with Gasteiger partial charge in [0.1, 0.15) is 17.7 Å². The Hall–Kier alpha value is -3.82. The zero-order chi connectivity index (χ0) is 23.3. The first-order valence-electron chi connectivity index (χ1n) is 10.6. The molecule has 2 aromatic rings. The Labute approximate surface area is 187 Å². The van der Waals surface area contributed by atoms with Crippen LogP contribution in [0.2, 0.25) is 0 Å². The number of carbonyl (C=O) groups excluding carboxylic acids is 4. The van der Waals surface area contributed by atoms with Crippen LogP contribution in [0.1, 0.15) is 33.6 Å². The highest BCUT2D eigenvalue weighted by Gasteiger charge is 2.45. The third-order valence-corrected chi connectivity index (χ3v) is 6.32. The van der Waals surface area contributed by atoms with Gasteiger partial charge in [-0.2, -0.15) is 0 Å². The number of piperidine rings is 1. The molecule has 1 N–H and O–H groups in total. The molecule has 10 heteroatoms. The summed E-state index contributed by atoms with van der Waals surface area (Å²) in [6, 6.07) is 7.71. The van der Waals surface area contributed by atoms with E-state index in [0.29, 0.717) is 31.9 Å². The summed E-state index contributed by atoms with van der Waals surface area (Å²) in [6.45, 7) is 1.69. The van der Waals surface area contributed by atoms with Crippen molar-refractivity contribution in [1.82, 2.24) is 10.2 Å². The third kappa shape index (κ3) is 3.51. The van der Waals surface area contributed by atoms with E-state index in [1.807, 2.05) is 4.90 Å². The standard InChI is InChI=1S/C23H20F2N4O4/c24-15-3-1-2-4-17(15)27-7-9-28(10-8-27)19-12-14-13(11-16(19)25)22(32)29(23(14)33)18-5-6-20(30)26-21(18)31/h1-4,11-12,18H,5-10H2,(H,26,30,31). The molecule has 0 radical (unpaired) electrons. The van der Waals surface area contributed by atoms with Crippen LogP contribution in [0.4, 0.5) is 20.2 Å². The first-order chi connectivity index (χ1) is 15.8. The Balaban J connectivity index is 1.37. The van der Waals surface area contributed by atoms with E-state index in [1.54, 1.807) is 23.1 Å². The molecule has 2 saturated heterocycles. The lowest BCUT2D eigenvalue weighted by Crippen LogP contribution is -2.54. The van der Waals surface area contributed by atoms with Gasteiger partial charge in [-0.25, -0.2) is 8.78 Å². The van der Waals surface area contributed by atoms with Gasteiger partial charge in [-0.15, -0.1) is 0 Å². The predicted octanol–water partition coefficient (Wildman–Crippen LogP) is 1.69. The smallest absolute Gasteiger partial charge is 0.262 e. The highest BCUT2D eigenvalue weighted by atomic mass is 19.1. The molecule has 1 atom stereocenters. The number of nitrogens with zero attached hydrogens (tertiary/aromatic N) is 3. The summed E-state index contributed by atoms with van der Waals surface area (Å²) in [6.07, 6.45) is 0.0409. The number of fused-ring (bicyclic) bond motifs is 1. The SMILES string of the molecule is O=C1CCC(N2C(=O)c3cc(F)c(N4CCN(c5ccccc5F)CC4)cc3C2=O)C(=O)N1. The van der Waals surface area contributed by atoms with Gasteiger partial charge in [0, 0.05) is 32.6 Å². The van der Waals surface area contributed by atoms with Crippen LogP contribution >= 0.6 is 0 Å². The number of piperazine rings is 1. The maximum absolute atomic E-state index is 15.0. The Kier molecular flexibility index (Phi) is 5.07. The normalized spacial score (nSPS) is 20.9. The van der Waals surface area contributed by atoms with Gasteiger partial charge in [-0.1, -0.05) is 12.1 Å². The summed E-state index contributed by atoms with van der Waals surface area (Å²) < 4.78 is 29.1. The molecule has 2 aromatic carbocycles. The van der Waals surface area contributed by atoms with Crippen LogP contribution in [0, 0.1) is 11.6 Å². The van der Waals surface area contributed by atoms with Crippen molar-refractivity contribution in [2.45, 2.75) is 18.9 Å². The van der Waals surface area contributed by atoms with E-state index in [2.05, 4.69) is 5.32 Å². The van der Waals surface area contributed by atoms with Crippen molar-refractivity contribution in [3.8, 4) is 0 Å². The lowest BCUT2D eigenvalue weighted by molar-refractivity contribution is -0.136. The van der Waals surface area contributed by atoms with Crippen LogP contribution in [0.3, 0.4) is 0 Å². The minimum Gasteiger partial charge on any atom is -0.366 e. The second kappa shape index (κ2) is 7.95. The Morgan fingerprint density at radius 1 is 0.788 bits per heavy atom. The van der Waals surface area contributed by atoms with Crippen LogP contribution in [-0.4, -0.2) is 60.7 Å². The van der Waals surface area contributed by atoms with Gasteiger partial charge in [0.25, 0.3) is 11.8 Å². The summed E-state index contributed by atoms with van der Waals surface area (Å²) in [5.74, 6) is -3.59.